The topological polar surface area (TPSA) is 72.2 Å². The van der Waals surface area contributed by atoms with Crippen molar-refractivity contribution in [2.24, 2.45) is 0 Å². The van der Waals surface area contributed by atoms with Crippen molar-refractivity contribution >= 4 is 11.5 Å². The van der Waals surface area contributed by atoms with Crippen LogP contribution < -0.4 is 4.90 Å². The first-order chi connectivity index (χ1) is 6.04. The van der Waals surface area contributed by atoms with Gasteiger partial charge in [0.1, 0.15) is 12.0 Å². The van der Waals surface area contributed by atoms with Gasteiger partial charge in [-0.1, -0.05) is 0 Å². The minimum Gasteiger partial charge on any atom is -0.357 e. The zero-order valence-electron chi connectivity index (χ0n) is 7.68. The van der Waals surface area contributed by atoms with Gasteiger partial charge in [-0.2, -0.15) is 0 Å². The van der Waals surface area contributed by atoms with Crippen molar-refractivity contribution in [1.29, 1.82) is 0 Å². The van der Waals surface area contributed by atoms with Crippen LogP contribution in [0.25, 0.3) is 0 Å². The van der Waals surface area contributed by atoms with Crippen molar-refractivity contribution < 1.29 is 4.92 Å². The Morgan fingerprint density at radius 2 is 2.08 bits per heavy atom. The molecule has 1 aromatic rings. The van der Waals surface area contributed by atoms with E-state index in [-0.39, 0.29) is 5.69 Å². The highest BCUT2D eigenvalue weighted by molar-refractivity contribution is 5.58. The molecule has 0 fully saturated rings. The van der Waals surface area contributed by atoms with E-state index in [1.807, 2.05) is 0 Å². The fourth-order valence-electron chi connectivity index (χ4n) is 0.995. The molecule has 0 aliphatic heterocycles. The first kappa shape index (κ1) is 9.37. The van der Waals surface area contributed by atoms with Crippen molar-refractivity contribution in [3.05, 3.63) is 22.1 Å². The van der Waals surface area contributed by atoms with Crippen molar-refractivity contribution in [2.75, 3.05) is 19.0 Å². The first-order valence-electron chi connectivity index (χ1n) is 3.67. The van der Waals surface area contributed by atoms with Gasteiger partial charge in [0.15, 0.2) is 0 Å². The number of nitro groups is 1. The number of hydrogen-bond donors (Lipinski definition) is 0. The highest BCUT2D eigenvalue weighted by atomic mass is 16.6. The summed E-state index contributed by atoms with van der Waals surface area (Å²) in [5, 5.41) is 10.6. The highest BCUT2D eigenvalue weighted by Crippen LogP contribution is 2.25. The maximum absolute atomic E-state index is 10.6. The molecule has 0 N–H and O–H groups in total. The van der Waals surface area contributed by atoms with E-state index in [0.717, 1.165) is 0 Å². The van der Waals surface area contributed by atoms with E-state index in [0.29, 0.717) is 11.5 Å². The van der Waals surface area contributed by atoms with Gasteiger partial charge in [-0.25, -0.2) is 9.97 Å². The molecule has 1 rings (SSSR count). The Hall–Kier alpha value is -1.72. The third-order valence-electron chi connectivity index (χ3n) is 1.59. The summed E-state index contributed by atoms with van der Waals surface area (Å²) in [6.45, 7) is 1.59. The maximum atomic E-state index is 10.6. The Bertz CT molecular complexity index is 337. The van der Waals surface area contributed by atoms with Crippen LogP contribution in [-0.4, -0.2) is 29.0 Å². The summed E-state index contributed by atoms with van der Waals surface area (Å²) in [6, 6.07) is 0. The molecule has 0 bridgehead atoms. The molecule has 0 saturated heterocycles. The van der Waals surface area contributed by atoms with Crippen molar-refractivity contribution in [1.82, 2.24) is 9.97 Å². The van der Waals surface area contributed by atoms with Crippen LogP contribution in [0.15, 0.2) is 6.33 Å². The maximum Gasteiger partial charge on any atom is 0.332 e. The number of nitrogens with zero attached hydrogens (tertiary/aromatic N) is 4. The van der Waals surface area contributed by atoms with Crippen LogP contribution in [0.4, 0.5) is 11.5 Å². The molecule has 1 heterocycles. The van der Waals surface area contributed by atoms with Crippen molar-refractivity contribution in [3.63, 3.8) is 0 Å². The van der Waals surface area contributed by atoms with E-state index < -0.39 is 4.92 Å². The molecule has 6 heteroatoms. The Labute approximate surface area is 75.4 Å². The van der Waals surface area contributed by atoms with Crippen molar-refractivity contribution in [3.8, 4) is 0 Å². The van der Waals surface area contributed by atoms with Crippen LogP contribution in [0.5, 0.6) is 0 Å². The van der Waals surface area contributed by atoms with E-state index in [1.165, 1.54) is 6.33 Å². The molecule has 0 atom stereocenters. The summed E-state index contributed by atoms with van der Waals surface area (Å²) in [5.41, 5.74) is 0.344. The second-order valence-electron chi connectivity index (χ2n) is 2.78. The number of aromatic nitrogens is 2. The molecule has 1 aromatic heterocycles. The van der Waals surface area contributed by atoms with E-state index >= 15 is 0 Å². The number of hydrogen-bond acceptors (Lipinski definition) is 5. The number of anilines is 1. The summed E-state index contributed by atoms with van der Waals surface area (Å²) < 4.78 is 0. The minimum atomic E-state index is -0.468. The average molecular weight is 182 g/mol. The van der Waals surface area contributed by atoms with E-state index in [1.54, 1.807) is 25.9 Å². The fourth-order valence-corrected chi connectivity index (χ4v) is 0.995. The van der Waals surface area contributed by atoms with Gasteiger partial charge in [-0.3, -0.25) is 10.1 Å². The standard InChI is InChI=1S/C7H10N4O2/c1-5-6(11(12)13)7(10(2)3)9-4-8-5/h4H,1-3H3. The van der Waals surface area contributed by atoms with Gasteiger partial charge in [-0.15, -0.1) is 0 Å². The lowest BCUT2D eigenvalue weighted by Gasteiger charge is -2.10. The normalized spacial score (nSPS) is 9.77. The molecule has 0 aliphatic carbocycles. The third kappa shape index (κ3) is 1.71. The van der Waals surface area contributed by atoms with Crippen LogP contribution >= 0.6 is 0 Å². The van der Waals surface area contributed by atoms with Gasteiger partial charge in [0.25, 0.3) is 0 Å². The summed E-state index contributed by atoms with van der Waals surface area (Å²) in [7, 11) is 3.41. The molecular formula is C7H10N4O2. The van der Waals surface area contributed by atoms with Crippen LogP contribution in [0, 0.1) is 17.0 Å². The van der Waals surface area contributed by atoms with Gasteiger partial charge in [-0.05, 0) is 6.92 Å². The molecule has 70 valence electrons. The number of rotatable bonds is 2. The second kappa shape index (κ2) is 3.34. The van der Waals surface area contributed by atoms with Gasteiger partial charge < -0.3 is 4.90 Å². The highest BCUT2D eigenvalue weighted by Gasteiger charge is 2.20. The Kier molecular flexibility index (Phi) is 2.41. The minimum absolute atomic E-state index is 0.0347. The smallest absolute Gasteiger partial charge is 0.332 e. The Morgan fingerprint density at radius 3 is 2.46 bits per heavy atom. The Balaban J connectivity index is 3.34. The molecular weight excluding hydrogens is 172 g/mol. The monoisotopic (exact) mass is 182 g/mol. The van der Waals surface area contributed by atoms with Crippen LogP contribution in [-0.2, 0) is 0 Å². The summed E-state index contributed by atoms with van der Waals surface area (Å²) in [6.07, 6.45) is 1.32. The largest absolute Gasteiger partial charge is 0.357 e. The molecule has 0 saturated carbocycles. The van der Waals surface area contributed by atoms with Crippen LogP contribution in [0.2, 0.25) is 0 Å². The molecule has 13 heavy (non-hydrogen) atoms. The average Bonchev–Trinajstić information content (AvgIpc) is 2.02. The molecule has 0 spiro atoms. The zero-order chi connectivity index (χ0) is 10.0. The van der Waals surface area contributed by atoms with Crippen LogP contribution in [0.3, 0.4) is 0 Å². The Morgan fingerprint density at radius 1 is 1.46 bits per heavy atom. The van der Waals surface area contributed by atoms with E-state index in [9.17, 15) is 10.1 Å². The third-order valence-corrected chi connectivity index (χ3v) is 1.59. The summed E-state index contributed by atoms with van der Waals surface area (Å²) >= 11 is 0. The molecule has 0 aromatic carbocycles. The van der Waals surface area contributed by atoms with Gasteiger partial charge in [0.2, 0.25) is 5.82 Å². The second-order valence-corrected chi connectivity index (χ2v) is 2.78. The predicted molar refractivity (Wildman–Crippen MR) is 47.8 cm³/mol. The predicted octanol–water partition coefficient (Wildman–Crippen LogP) is 0.759. The lowest BCUT2D eigenvalue weighted by molar-refractivity contribution is -0.385. The van der Waals surface area contributed by atoms with E-state index in [2.05, 4.69) is 9.97 Å². The van der Waals surface area contributed by atoms with Gasteiger partial charge in [0.05, 0.1) is 4.92 Å². The first-order valence-corrected chi connectivity index (χ1v) is 3.67. The van der Waals surface area contributed by atoms with E-state index in [4.69, 9.17) is 0 Å². The van der Waals surface area contributed by atoms with Crippen molar-refractivity contribution in [2.45, 2.75) is 6.92 Å². The quantitative estimate of drug-likeness (QED) is 0.498. The lowest BCUT2D eigenvalue weighted by atomic mass is 10.3. The van der Waals surface area contributed by atoms with Crippen LogP contribution in [0.1, 0.15) is 5.69 Å². The molecule has 0 aliphatic rings. The van der Waals surface area contributed by atoms with Gasteiger partial charge in [0, 0.05) is 14.1 Å². The zero-order valence-corrected chi connectivity index (χ0v) is 7.68. The molecule has 0 unspecified atom stereocenters. The molecule has 6 nitrogen and oxygen atoms in total. The molecule has 0 radical (unpaired) electrons. The van der Waals surface area contributed by atoms with Gasteiger partial charge >= 0.3 is 5.69 Å². The number of aryl methyl sites for hydroxylation is 1. The lowest BCUT2D eigenvalue weighted by Crippen LogP contribution is -2.14. The summed E-state index contributed by atoms with van der Waals surface area (Å²) in [5.74, 6) is 0.331. The fraction of sp³-hybridized carbons (Fsp3) is 0.429. The summed E-state index contributed by atoms with van der Waals surface area (Å²) in [4.78, 5) is 19.4. The SMILES string of the molecule is Cc1ncnc(N(C)C)c1[N+](=O)[O-]. The molecule has 0 amide bonds.